The molecule has 0 aromatic heterocycles. The third kappa shape index (κ3) is 4.75. The summed E-state index contributed by atoms with van der Waals surface area (Å²) >= 11 is 0. The summed E-state index contributed by atoms with van der Waals surface area (Å²) in [7, 11) is 2.42. The Hall–Kier alpha value is -1.79. The van der Waals surface area contributed by atoms with Crippen LogP contribution in [0.1, 0.15) is 74.0 Å². The van der Waals surface area contributed by atoms with Crippen LogP contribution in [0.5, 0.6) is 11.5 Å². The minimum atomic E-state index is -3.14. The first kappa shape index (κ1) is 11.7. The van der Waals surface area contributed by atoms with E-state index in [1.807, 2.05) is 0 Å². The monoisotopic (exact) mass is 430 g/mol. The Bertz CT molecular complexity index is 1220. The molecule has 2 N–H and O–H groups in total. The molecule has 168 valence electrons. The van der Waals surface area contributed by atoms with Crippen LogP contribution in [0.4, 0.5) is 0 Å². The quantitative estimate of drug-likeness (QED) is 0.667. The van der Waals surface area contributed by atoms with Gasteiger partial charge in [-0.1, -0.05) is 27.6 Å². The van der Waals surface area contributed by atoms with E-state index in [4.69, 9.17) is 36.4 Å². The molecule has 4 unspecified atom stereocenters. The molecule has 30 heavy (non-hydrogen) atoms. The number of methoxy groups -OCH3 is 2. The van der Waals surface area contributed by atoms with Gasteiger partial charge in [-0.15, -0.1) is 0 Å². The highest BCUT2D eigenvalue weighted by molar-refractivity contribution is 5.76. The van der Waals surface area contributed by atoms with Crippen molar-refractivity contribution in [3.05, 3.63) is 23.2 Å². The van der Waals surface area contributed by atoms with Crippen molar-refractivity contribution in [1.29, 1.82) is 0 Å². The van der Waals surface area contributed by atoms with Crippen LogP contribution in [0.3, 0.4) is 0 Å². The van der Waals surface area contributed by atoms with E-state index in [-0.39, 0.29) is 23.0 Å². The lowest BCUT2D eigenvalue weighted by molar-refractivity contribution is -0.160. The van der Waals surface area contributed by atoms with E-state index in [1.165, 1.54) is 14.2 Å². The van der Waals surface area contributed by atoms with Gasteiger partial charge in [-0.2, -0.15) is 0 Å². The van der Waals surface area contributed by atoms with Gasteiger partial charge in [-0.25, -0.2) is 0 Å². The van der Waals surface area contributed by atoms with Crippen molar-refractivity contribution in [3.63, 3.8) is 0 Å². The molecule has 2 aliphatic rings. The lowest BCUT2D eigenvalue weighted by atomic mass is 9.79. The fourth-order valence-electron chi connectivity index (χ4n) is 3.66. The Labute approximate surface area is 197 Å². The van der Waals surface area contributed by atoms with Crippen LogP contribution >= 0.6 is 0 Å². The van der Waals surface area contributed by atoms with E-state index in [0.29, 0.717) is 0 Å². The van der Waals surface area contributed by atoms with Gasteiger partial charge in [0.15, 0.2) is 11.5 Å². The number of esters is 1. The molecule has 1 fully saturated rings. The molecule has 6 nitrogen and oxygen atoms in total. The summed E-state index contributed by atoms with van der Waals surface area (Å²) in [5, 5.41) is 0. The van der Waals surface area contributed by atoms with Gasteiger partial charge < -0.3 is 19.9 Å². The highest BCUT2D eigenvalue weighted by atomic mass is 16.5. The molecule has 0 bridgehead atoms. The molecule has 6 heteroatoms. The molecule has 1 aromatic carbocycles. The number of piperidine rings is 1. The van der Waals surface area contributed by atoms with E-state index in [9.17, 15) is 4.79 Å². The highest BCUT2D eigenvalue weighted by Gasteiger charge is 2.41. The number of nitrogens with two attached hydrogens (primary N) is 1. The number of ether oxygens (including phenoxy) is 3. The molecule has 0 aliphatic carbocycles. The zero-order chi connectivity index (χ0) is 32.5. The Balaban J connectivity index is 2.33. The molecule has 2 heterocycles. The van der Waals surface area contributed by atoms with Crippen molar-refractivity contribution in [2.45, 2.75) is 65.0 Å². The number of fused-ring (bicyclic) bond motifs is 3. The smallest absolute Gasteiger partial charge is 0.323 e. The summed E-state index contributed by atoms with van der Waals surface area (Å²) < 4.78 is 119. The Morgan fingerprint density at radius 3 is 2.73 bits per heavy atom. The number of rotatable bonds is 7. The summed E-state index contributed by atoms with van der Waals surface area (Å²) in [6, 6.07) is -3.30. The Morgan fingerprint density at radius 1 is 1.40 bits per heavy atom. The summed E-state index contributed by atoms with van der Waals surface area (Å²) in [5.41, 5.74) is 5.39. The van der Waals surface area contributed by atoms with Crippen LogP contribution < -0.4 is 15.2 Å². The van der Waals surface area contributed by atoms with Gasteiger partial charge in [0.25, 0.3) is 0 Å². The SMILES string of the molecule is [2H]c1c(OC)c(OC)c([2H])c2c1C1CC(OC(=O)[C@@H](N)C(C)C)C(C([2H])([2H])C([2H])(C)C([2H])([2H])[2H])CN1C([2H])([2H])C2([2H])[2H]. The van der Waals surface area contributed by atoms with Gasteiger partial charge in [0, 0.05) is 45.1 Å². The number of hydrogen-bond donors (Lipinski definition) is 1. The third-order valence-corrected chi connectivity index (χ3v) is 5.36. The molecule has 3 rings (SSSR count). The Morgan fingerprint density at radius 2 is 2.10 bits per heavy atom. The molecule has 2 aliphatic heterocycles. The number of carbonyl (C=O) groups excluding carboxylic acids is 1. The molecule has 0 radical (unpaired) electrons. The van der Waals surface area contributed by atoms with Crippen LogP contribution in [0.15, 0.2) is 12.1 Å². The van der Waals surface area contributed by atoms with E-state index in [0.717, 1.165) is 11.8 Å². The van der Waals surface area contributed by atoms with Crippen LogP contribution in [0.25, 0.3) is 0 Å². The number of nitrogens with zero attached hydrogens (tertiary/aromatic N) is 1. The second-order valence-electron chi connectivity index (χ2n) is 7.87. The van der Waals surface area contributed by atoms with Gasteiger partial charge in [0.2, 0.25) is 0 Å². The van der Waals surface area contributed by atoms with Gasteiger partial charge >= 0.3 is 5.97 Å². The van der Waals surface area contributed by atoms with Crippen LogP contribution in [0.2, 0.25) is 0 Å². The molecule has 0 spiro atoms. The van der Waals surface area contributed by atoms with E-state index in [2.05, 4.69) is 0 Å². The van der Waals surface area contributed by atoms with Crippen molar-refractivity contribution >= 4 is 5.97 Å². The van der Waals surface area contributed by atoms with Crippen molar-refractivity contribution in [1.82, 2.24) is 4.90 Å². The summed E-state index contributed by atoms with van der Waals surface area (Å²) in [5.74, 6) is -6.15. The maximum atomic E-state index is 13.0. The maximum Gasteiger partial charge on any atom is 0.323 e. The molecular formula is C24H38N2O4. The van der Waals surface area contributed by atoms with Gasteiger partial charge in [0.05, 0.1) is 17.0 Å². The van der Waals surface area contributed by atoms with Crippen molar-refractivity contribution in [3.8, 4) is 11.5 Å². The third-order valence-electron chi connectivity index (χ3n) is 5.36. The second-order valence-corrected chi connectivity index (χ2v) is 7.87. The number of hydrogen-bond acceptors (Lipinski definition) is 6. The first-order chi connectivity index (χ1) is 18.9. The maximum absolute atomic E-state index is 13.0. The molecule has 1 saturated heterocycles. The fourth-order valence-corrected chi connectivity index (χ4v) is 3.66. The van der Waals surface area contributed by atoms with Gasteiger partial charge in [0.1, 0.15) is 12.1 Å². The number of carbonyl (C=O) groups is 1. The first-order valence-corrected chi connectivity index (χ1v) is 9.91. The molecule has 0 saturated carbocycles. The topological polar surface area (TPSA) is 74.0 Å². The van der Waals surface area contributed by atoms with Crippen molar-refractivity contribution < 1.29 is 35.5 Å². The zero-order valence-corrected chi connectivity index (χ0v) is 18.0. The molecule has 1 aromatic rings. The lowest BCUT2D eigenvalue weighted by Crippen LogP contribution is -2.51. The molecule has 5 atom stereocenters. The predicted octanol–water partition coefficient (Wildman–Crippen LogP) is 3.56. The van der Waals surface area contributed by atoms with E-state index in [1.54, 1.807) is 13.8 Å². The normalized spacial score (nSPS) is 37.0. The minimum absolute atomic E-state index is 0.129. The molecular weight excluding hydrogens is 380 g/mol. The average Bonchev–Trinajstić information content (AvgIpc) is 2.86. The minimum Gasteiger partial charge on any atom is -0.493 e. The van der Waals surface area contributed by atoms with Crippen LogP contribution in [-0.4, -0.2) is 50.3 Å². The Kier molecular flexibility index (Phi) is 3.74. The van der Waals surface area contributed by atoms with Gasteiger partial charge in [-0.05, 0) is 47.8 Å². The standard InChI is InChI=1S/C24H38N2O4/c1-14(2)9-17-13-26-8-7-16-10-21(28-5)22(29-6)11-18(16)19(26)12-20(17)30-24(27)23(25)15(3)4/h10-11,14-15,17,19-20,23H,7-9,12-13,25H2,1-6H3/t17?,19?,20?,23-/m0/s1/i1D3,7D2,8D2,9D2,10D,11D,14D/t14?,17?,19?,20?,23-. The van der Waals surface area contributed by atoms with Crippen molar-refractivity contribution in [2.75, 3.05) is 27.3 Å². The zero-order valence-electron chi connectivity index (χ0n) is 30.0. The highest BCUT2D eigenvalue weighted by Crippen LogP contribution is 2.44. The van der Waals surface area contributed by atoms with Crippen LogP contribution in [-0.2, 0) is 15.9 Å². The summed E-state index contributed by atoms with van der Waals surface area (Å²) in [6.45, 7) is -2.55. The molecule has 0 amide bonds. The summed E-state index contributed by atoms with van der Waals surface area (Å²) in [6.07, 6.45) is -7.75. The van der Waals surface area contributed by atoms with E-state index >= 15 is 0 Å². The lowest BCUT2D eigenvalue weighted by Gasteiger charge is -2.47. The van der Waals surface area contributed by atoms with Crippen LogP contribution in [0, 0.1) is 17.7 Å². The van der Waals surface area contributed by atoms with Gasteiger partial charge in [-0.3, -0.25) is 9.69 Å². The average molecular weight is 431 g/mol. The van der Waals surface area contributed by atoms with E-state index < -0.39 is 92.7 Å². The second kappa shape index (κ2) is 9.56. The fraction of sp³-hybridized carbons (Fsp3) is 0.708. The number of benzene rings is 1. The predicted molar refractivity (Wildman–Crippen MR) is 118 cm³/mol. The summed E-state index contributed by atoms with van der Waals surface area (Å²) in [4.78, 5) is 14.0. The first-order valence-electron chi connectivity index (χ1n) is 15.9. The van der Waals surface area contributed by atoms with Crippen molar-refractivity contribution in [2.24, 2.45) is 23.5 Å². The largest absolute Gasteiger partial charge is 0.493 e.